The highest BCUT2D eigenvalue weighted by atomic mass is 19.1. The molecule has 0 unspecified atom stereocenters. The van der Waals surface area contributed by atoms with Crippen LogP contribution >= 0.6 is 0 Å². The highest BCUT2D eigenvalue weighted by Gasteiger charge is 2.05. The Morgan fingerprint density at radius 2 is 1.95 bits per heavy atom. The van der Waals surface area contributed by atoms with E-state index in [1.54, 1.807) is 24.5 Å². The Morgan fingerprint density at radius 3 is 2.65 bits per heavy atom. The van der Waals surface area contributed by atoms with Crippen LogP contribution in [0.1, 0.15) is 16.7 Å². The van der Waals surface area contributed by atoms with Crippen LogP contribution in [0.4, 0.5) is 4.39 Å². The summed E-state index contributed by atoms with van der Waals surface area (Å²) in [7, 11) is 2.01. The summed E-state index contributed by atoms with van der Waals surface area (Å²) in [5.41, 5.74) is 2.29. The number of pyridine rings is 1. The molecule has 4 heteroatoms. The second-order valence-electron chi connectivity index (χ2n) is 4.77. The summed E-state index contributed by atoms with van der Waals surface area (Å²) in [4.78, 5) is 6.14. The fraction of sp³-hybridized carbons (Fsp3) is 0.250. The summed E-state index contributed by atoms with van der Waals surface area (Å²) in [6.07, 6.45) is 4.51. The fourth-order valence-corrected chi connectivity index (χ4v) is 2.02. The van der Waals surface area contributed by atoms with Crippen LogP contribution in [0.3, 0.4) is 0 Å². The van der Waals surface area contributed by atoms with Gasteiger partial charge in [0.05, 0.1) is 5.56 Å². The largest absolute Gasteiger partial charge is 0.302 e. The summed E-state index contributed by atoms with van der Waals surface area (Å²) in [5.74, 6) is -0.462. The SMILES string of the molecule is CN(CCc1ccncc1)Cc1ccc(F)c(C#N)c1. The van der Waals surface area contributed by atoms with Gasteiger partial charge in [0.2, 0.25) is 0 Å². The number of rotatable bonds is 5. The molecule has 0 bridgehead atoms. The van der Waals surface area contributed by atoms with Gasteiger partial charge < -0.3 is 4.90 Å². The zero-order chi connectivity index (χ0) is 14.4. The number of nitriles is 1. The molecule has 0 spiro atoms. The van der Waals surface area contributed by atoms with E-state index in [-0.39, 0.29) is 5.56 Å². The van der Waals surface area contributed by atoms with Crippen LogP contribution in [0.25, 0.3) is 0 Å². The van der Waals surface area contributed by atoms with Gasteiger partial charge in [-0.25, -0.2) is 4.39 Å². The van der Waals surface area contributed by atoms with E-state index in [9.17, 15) is 4.39 Å². The van der Waals surface area contributed by atoms with Crippen LogP contribution in [0.15, 0.2) is 42.7 Å². The molecule has 0 radical (unpaired) electrons. The molecule has 102 valence electrons. The van der Waals surface area contributed by atoms with Crippen LogP contribution in [0.5, 0.6) is 0 Å². The first-order valence-corrected chi connectivity index (χ1v) is 6.45. The third kappa shape index (κ3) is 3.87. The molecule has 20 heavy (non-hydrogen) atoms. The first-order chi connectivity index (χ1) is 9.69. The first kappa shape index (κ1) is 14.2. The summed E-state index contributed by atoms with van der Waals surface area (Å²) >= 11 is 0. The molecule has 0 aliphatic heterocycles. The maximum atomic E-state index is 13.2. The third-order valence-corrected chi connectivity index (χ3v) is 3.14. The quantitative estimate of drug-likeness (QED) is 0.838. The van der Waals surface area contributed by atoms with Crippen LogP contribution in [0, 0.1) is 17.1 Å². The second kappa shape index (κ2) is 6.78. The highest BCUT2D eigenvalue weighted by molar-refractivity contribution is 5.34. The average Bonchev–Trinajstić information content (AvgIpc) is 2.48. The van der Waals surface area contributed by atoms with Gasteiger partial charge in [0.25, 0.3) is 0 Å². The minimum absolute atomic E-state index is 0.102. The highest BCUT2D eigenvalue weighted by Crippen LogP contribution is 2.11. The molecule has 3 nitrogen and oxygen atoms in total. The van der Waals surface area contributed by atoms with Gasteiger partial charge in [-0.15, -0.1) is 0 Å². The molecule has 2 aromatic rings. The lowest BCUT2D eigenvalue weighted by molar-refractivity contribution is 0.331. The smallest absolute Gasteiger partial charge is 0.140 e. The Hall–Kier alpha value is -2.25. The van der Waals surface area contributed by atoms with Crippen LogP contribution in [-0.2, 0) is 13.0 Å². The second-order valence-corrected chi connectivity index (χ2v) is 4.77. The lowest BCUT2D eigenvalue weighted by Gasteiger charge is -2.16. The summed E-state index contributed by atoms with van der Waals surface area (Å²) in [6, 6.07) is 10.5. The zero-order valence-corrected chi connectivity index (χ0v) is 11.4. The lowest BCUT2D eigenvalue weighted by Crippen LogP contribution is -2.20. The van der Waals surface area contributed by atoms with Crippen molar-refractivity contribution in [2.75, 3.05) is 13.6 Å². The van der Waals surface area contributed by atoms with Crippen molar-refractivity contribution in [3.63, 3.8) is 0 Å². The maximum Gasteiger partial charge on any atom is 0.140 e. The van der Waals surface area contributed by atoms with Gasteiger partial charge in [-0.2, -0.15) is 5.26 Å². The number of hydrogen-bond acceptors (Lipinski definition) is 3. The van der Waals surface area contributed by atoms with Crippen molar-refractivity contribution in [2.24, 2.45) is 0 Å². The Bertz CT molecular complexity index is 605. The summed E-state index contributed by atoms with van der Waals surface area (Å²) in [5, 5.41) is 8.82. The number of likely N-dealkylation sites (N-methyl/N-ethyl adjacent to an activating group) is 1. The predicted octanol–water partition coefficient (Wildman–Crippen LogP) is 2.77. The molecule has 0 saturated heterocycles. The normalized spacial score (nSPS) is 10.5. The van der Waals surface area contributed by atoms with E-state index in [4.69, 9.17) is 5.26 Å². The number of aromatic nitrogens is 1. The summed E-state index contributed by atoms with van der Waals surface area (Å²) < 4.78 is 13.2. The molecule has 1 aromatic heterocycles. The van der Waals surface area contributed by atoms with Gasteiger partial charge >= 0.3 is 0 Å². The molecule has 0 atom stereocenters. The maximum absolute atomic E-state index is 13.2. The van der Waals surface area contributed by atoms with Gasteiger partial charge in [-0.1, -0.05) is 6.07 Å². The van der Waals surface area contributed by atoms with Crippen LogP contribution in [0.2, 0.25) is 0 Å². The van der Waals surface area contributed by atoms with Gasteiger partial charge in [-0.3, -0.25) is 4.98 Å². The standard InChI is InChI=1S/C16H16FN3/c1-20(9-6-13-4-7-19-8-5-13)12-14-2-3-16(17)15(10-14)11-18/h2-5,7-8,10H,6,9,12H2,1H3. The number of hydrogen-bond donors (Lipinski definition) is 0. The molecule has 1 heterocycles. The Balaban J connectivity index is 1.91. The van der Waals surface area contributed by atoms with Crippen molar-refractivity contribution >= 4 is 0 Å². The van der Waals surface area contributed by atoms with Crippen molar-refractivity contribution in [3.8, 4) is 6.07 Å². The Kier molecular flexibility index (Phi) is 4.80. The monoisotopic (exact) mass is 269 g/mol. The number of benzene rings is 1. The van der Waals surface area contributed by atoms with Crippen LogP contribution < -0.4 is 0 Å². The Morgan fingerprint density at radius 1 is 1.20 bits per heavy atom. The summed E-state index contributed by atoms with van der Waals surface area (Å²) in [6.45, 7) is 1.59. The van der Waals surface area contributed by atoms with Gasteiger partial charge in [0, 0.05) is 25.5 Å². The van der Waals surface area contributed by atoms with Crippen molar-refractivity contribution in [2.45, 2.75) is 13.0 Å². The molecule has 0 N–H and O–H groups in total. The van der Waals surface area contributed by atoms with Crippen molar-refractivity contribution in [1.82, 2.24) is 9.88 Å². The topological polar surface area (TPSA) is 39.9 Å². The van der Waals surface area contributed by atoms with Gasteiger partial charge in [-0.05, 0) is 48.9 Å². The third-order valence-electron chi connectivity index (χ3n) is 3.14. The van der Waals surface area contributed by atoms with E-state index in [0.29, 0.717) is 6.54 Å². The molecule has 0 aliphatic carbocycles. The number of nitrogens with zero attached hydrogens (tertiary/aromatic N) is 3. The molecular formula is C16H16FN3. The molecule has 0 fully saturated rings. The molecule has 0 aliphatic rings. The molecule has 0 amide bonds. The van der Waals surface area contributed by atoms with E-state index >= 15 is 0 Å². The molecule has 1 aromatic carbocycles. The van der Waals surface area contributed by atoms with E-state index in [1.165, 1.54) is 11.6 Å². The van der Waals surface area contributed by atoms with E-state index in [1.807, 2.05) is 25.2 Å². The predicted molar refractivity (Wildman–Crippen MR) is 75.4 cm³/mol. The minimum atomic E-state index is -0.462. The number of halogens is 1. The zero-order valence-electron chi connectivity index (χ0n) is 11.4. The van der Waals surface area contributed by atoms with Crippen LogP contribution in [-0.4, -0.2) is 23.5 Å². The first-order valence-electron chi connectivity index (χ1n) is 6.45. The molecule has 2 rings (SSSR count). The Labute approximate surface area is 118 Å². The lowest BCUT2D eigenvalue weighted by atomic mass is 10.1. The van der Waals surface area contributed by atoms with E-state index in [0.717, 1.165) is 18.5 Å². The minimum Gasteiger partial charge on any atom is -0.302 e. The fourth-order valence-electron chi connectivity index (χ4n) is 2.02. The van der Waals surface area contributed by atoms with E-state index in [2.05, 4.69) is 9.88 Å². The van der Waals surface area contributed by atoms with Gasteiger partial charge in [0.1, 0.15) is 11.9 Å². The van der Waals surface area contributed by atoms with Crippen molar-refractivity contribution < 1.29 is 4.39 Å². The van der Waals surface area contributed by atoms with Crippen molar-refractivity contribution in [1.29, 1.82) is 5.26 Å². The van der Waals surface area contributed by atoms with E-state index < -0.39 is 5.82 Å². The average molecular weight is 269 g/mol. The molecule has 0 saturated carbocycles. The molecular weight excluding hydrogens is 253 g/mol. The van der Waals surface area contributed by atoms with Gasteiger partial charge in [0.15, 0.2) is 0 Å². The van der Waals surface area contributed by atoms with Crippen molar-refractivity contribution in [3.05, 3.63) is 65.2 Å².